The first kappa shape index (κ1) is 17.8. The van der Waals surface area contributed by atoms with Crippen LogP contribution in [0.25, 0.3) is 11.1 Å². The smallest absolute Gasteiger partial charge is 0.209 e. The van der Waals surface area contributed by atoms with Crippen LogP contribution in [-0.4, -0.2) is 23.0 Å². The normalized spacial score (nSPS) is 17.0. The molecule has 1 unspecified atom stereocenters. The van der Waals surface area contributed by atoms with Gasteiger partial charge in [-0.3, -0.25) is 4.90 Å². The van der Waals surface area contributed by atoms with Crippen molar-refractivity contribution in [2.24, 2.45) is 0 Å². The van der Waals surface area contributed by atoms with E-state index in [-0.39, 0.29) is 6.42 Å². The molecule has 1 atom stereocenters. The van der Waals surface area contributed by atoms with Gasteiger partial charge < -0.3 is 4.42 Å². The maximum absolute atomic E-state index is 8.91. The molecule has 0 bridgehead atoms. The van der Waals surface area contributed by atoms with Crippen molar-refractivity contribution < 1.29 is 4.42 Å². The van der Waals surface area contributed by atoms with Crippen molar-refractivity contribution in [3.63, 3.8) is 0 Å². The zero-order valence-electron chi connectivity index (χ0n) is 15.8. The zero-order chi connectivity index (χ0) is 18.6. The van der Waals surface area contributed by atoms with Crippen LogP contribution >= 0.6 is 0 Å². The molecule has 138 valence electrons. The topological polar surface area (TPSA) is 53.1 Å². The highest BCUT2D eigenvalue weighted by Gasteiger charge is 2.27. The summed E-state index contributed by atoms with van der Waals surface area (Å²) in [5.41, 5.74) is 4.43. The lowest BCUT2D eigenvalue weighted by Gasteiger charge is -2.37. The number of fused-ring (bicyclic) bond motifs is 1. The second-order valence-corrected chi connectivity index (χ2v) is 7.28. The fourth-order valence-electron chi connectivity index (χ4n) is 4.39. The molecule has 0 aliphatic carbocycles. The average molecular weight is 359 g/mol. The highest BCUT2D eigenvalue weighted by molar-refractivity contribution is 5.77. The quantitative estimate of drug-likeness (QED) is 0.626. The molecule has 4 heteroatoms. The number of nitrogens with zero attached hydrogens (tertiary/aromatic N) is 3. The van der Waals surface area contributed by atoms with E-state index in [1.807, 2.05) is 12.1 Å². The molecule has 0 saturated carbocycles. The number of rotatable bonds is 5. The Morgan fingerprint density at radius 1 is 1.15 bits per heavy atom. The number of hydrogen-bond donors (Lipinski definition) is 0. The molecule has 0 radical (unpaired) electrons. The van der Waals surface area contributed by atoms with Crippen molar-refractivity contribution >= 4 is 11.1 Å². The van der Waals surface area contributed by atoms with Gasteiger partial charge >= 0.3 is 0 Å². The van der Waals surface area contributed by atoms with Crippen molar-refractivity contribution in [3.05, 3.63) is 65.5 Å². The van der Waals surface area contributed by atoms with Crippen LogP contribution in [0.15, 0.2) is 52.9 Å². The predicted octanol–water partition coefficient (Wildman–Crippen LogP) is 5.22. The van der Waals surface area contributed by atoms with Crippen LogP contribution in [0.5, 0.6) is 0 Å². The minimum absolute atomic E-state index is 0.224. The second-order valence-electron chi connectivity index (χ2n) is 7.28. The molecule has 0 spiro atoms. The molecule has 1 aliphatic rings. The summed E-state index contributed by atoms with van der Waals surface area (Å²) in [6, 6.07) is 19.6. The van der Waals surface area contributed by atoms with Gasteiger partial charge in [0.05, 0.1) is 6.07 Å². The molecule has 2 heterocycles. The van der Waals surface area contributed by atoms with Crippen molar-refractivity contribution in [2.45, 2.75) is 44.6 Å². The summed E-state index contributed by atoms with van der Waals surface area (Å²) in [7, 11) is 0. The predicted molar refractivity (Wildman–Crippen MR) is 106 cm³/mol. The van der Waals surface area contributed by atoms with Crippen LogP contribution in [0.2, 0.25) is 0 Å². The molecule has 1 aliphatic heterocycles. The third-order valence-corrected chi connectivity index (χ3v) is 5.71. The van der Waals surface area contributed by atoms with E-state index in [0.717, 1.165) is 43.5 Å². The summed E-state index contributed by atoms with van der Waals surface area (Å²) in [4.78, 5) is 7.21. The number of hydrogen-bond acceptors (Lipinski definition) is 4. The Bertz CT molecular complexity index is 933. The SMILES string of the molecule is CCC(c1ccccc1)N1CCC(c2cccc3oc(CC#N)nc23)CC1. The highest BCUT2D eigenvalue weighted by atomic mass is 16.3. The molecule has 27 heavy (non-hydrogen) atoms. The summed E-state index contributed by atoms with van der Waals surface area (Å²) in [6.45, 7) is 4.46. The Labute approximate surface area is 160 Å². The fourth-order valence-corrected chi connectivity index (χ4v) is 4.39. The molecule has 1 saturated heterocycles. The lowest BCUT2D eigenvalue weighted by molar-refractivity contribution is 0.148. The molecular weight excluding hydrogens is 334 g/mol. The first-order chi connectivity index (χ1) is 13.3. The van der Waals surface area contributed by atoms with E-state index in [1.165, 1.54) is 11.1 Å². The minimum atomic E-state index is 0.224. The summed E-state index contributed by atoms with van der Waals surface area (Å²) in [5.74, 6) is 1.02. The van der Waals surface area contributed by atoms with Crippen LogP contribution in [0.4, 0.5) is 0 Å². The van der Waals surface area contributed by atoms with Crippen molar-refractivity contribution in [1.82, 2.24) is 9.88 Å². The molecule has 1 fully saturated rings. The largest absolute Gasteiger partial charge is 0.440 e. The lowest BCUT2D eigenvalue weighted by atomic mass is 9.87. The van der Waals surface area contributed by atoms with Gasteiger partial charge in [0.15, 0.2) is 5.58 Å². The maximum atomic E-state index is 8.91. The van der Waals surface area contributed by atoms with Gasteiger partial charge in [0.1, 0.15) is 11.9 Å². The third kappa shape index (κ3) is 3.61. The van der Waals surface area contributed by atoms with Crippen molar-refractivity contribution in [3.8, 4) is 6.07 Å². The molecule has 0 N–H and O–H groups in total. The highest BCUT2D eigenvalue weighted by Crippen LogP contribution is 2.36. The van der Waals surface area contributed by atoms with Crippen LogP contribution < -0.4 is 0 Å². The average Bonchev–Trinajstić information content (AvgIpc) is 3.13. The van der Waals surface area contributed by atoms with E-state index >= 15 is 0 Å². The zero-order valence-corrected chi connectivity index (χ0v) is 15.8. The van der Waals surface area contributed by atoms with E-state index in [2.05, 4.69) is 59.3 Å². The molecule has 4 nitrogen and oxygen atoms in total. The number of nitriles is 1. The number of oxazole rings is 1. The minimum Gasteiger partial charge on any atom is -0.440 e. The number of benzene rings is 2. The molecule has 4 rings (SSSR count). The standard InChI is InChI=1S/C23H25N3O/c1-2-20(18-7-4-3-5-8-18)26-15-12-17(13-16-26)19-9-6-10-21-23(19)25-22(27-21)11-14-24/h3-10,17,20H,2,11-13,15-16H2,1H3. The molecular formula is C23H25N3O. The van der Waals surface area contributed by atoms with Gasteiger partial charge in [-0.25, -0.2) is 4.98 Å². The molecule has 1 aromatic heterocycles. The molecule has 2 aromatic carbocycles. The number of likely N-dealkylation sites (tertiary alicyclic amines) is 1. The van der Waals surface area contributed by atoms with E-state index in [4.69, 9.17) is 9.68 Å². The number of piperidine rings is 1. The van der Waals surface area contributed by atoms with E-state index < -0.39 is 0 Å². The van der Waals surface area contributed by atoms with Gasteiger partial charge in [0.2, 0.25) is 5.89 Å². The summed E-state index contributed by atoms with van der Waals surface area (Å²) in [6.07, 6.45) is 3.61. The van der Waals surface area contributed by atoms with E-state index in [9.17, 15) is 0 Å². The van der Waals surface area contributed by atoms with Gasteiger partial charge in [0, 0.05) is 6.04 Å². The van der Waals surface area contributed by atoms with Crippen molar-refractivity contribution in [1.29, 1.82) is 5.26 Å². The van der Waals surface area contributed by atoms with Gasteiger partial charge in [-0.05, 0) is 55.5 Å². The Morgan fingerprint density at radius 2 is 1.93 bits per heavy atom. The van der Waals surface area contributed by atoms with Crippen LogP contribution in [-0.2, 0) is 6.42 Å². The molecule has 0 amide bonds. The number of para-hydroxylation sites is 1. The number of aromatic nitrogens is 1. The Hall–Kier alpha value is -2.64. The lowest BCUT2D eigenvalue weighted by Crippen LogP contribution is -2.36. The van der Waals surface area contributed by atoms with E-state index in [1.54, 1.807) is 0 Å². The van der Waals surface area contributed by atoms with Gasteiger partial charge in [-0.15, -0.1) is 0 Å². The Kier molecular flexibility index (Phi) is 5.22. The summed E-state index contributed by atoms with van der Waals surface area (Å²) in [5, 5.41) is 8.91. The van der Waals surface area contributed by atoms with Gasteiger partial charge in [-0.2, -0.15) is 5.26 Å². The summed E-state index contributed by atoms with van der Waals surface area (Å²) < 4.78 is 5.73. The Morgan fingerprint density at radius 3 is 2.63 bits per heavy atom. The van der Waals surface area contributed by atoms with Crippen LogP contribution in [0.3, 0.4) is 0 Å². The monoisotopic (exact) mass is 359 g/mol. The maximum Gasteiger partial charge on any atom is 0.209 e. The summed E-state index contributed by atoms with van der Waals surface area (Å²) >= 11 is 0. The molecule has 3 aromatic rings. The van der Waals surface area contributed by atoms with Crippen LogP contribution in [0, 0.1) is 11.3 Å². The third-order valence-electron chi connectivity index (χ3n) is 5.71. The van der Waals surface area contributed by atoms with Crippen molar-refractivity contribution in [2.75, 3.05) is 13.1 Å². The van der Waals surface area contributed by atoms with Gasteiger partial charge in [-0.1, -0.05) is 49.4 Å². The first-order valence-electron chi connectivity index (χ1n) is 9.84. The Balaban J connectivity index is 1.51. The second kappa shape index (κ2) is 7.94. The van der Waals surface area contributed by atoms with Crippen LogP contribution in [0.1, 0.15) is 55.2 Å². The van der Waals surface area contributed by atoms with Gasteiger partial charge in [0.25, 0.3) is 0 Å². The first-order valence-corrected chi connectivity index (χ1v) is 9.84. The van der Waals surface area contributed by atoms with E-state index in [0.29, 0.717) is 17.9 Å². The fraction of sp³-hybridized carbons (Fsp3) is 0.391.